The summed E-state index contributed by atoms with van der Waals surface area (Å²) in [5, 5.41) is 0.616. The van der Waals surface area contributed by atoms with Crippen molar-refractivity contribution in [3.8, 4) is 0 Å². The lowest BCUT2D eigenvalue weighted by atomic mass is 10.1. The molecule has 126 valence electrons. The second-order valence-electron chi connectivity index (χ2n) is 6.44. The van der Waals surface area contributed by atoms with Crippen molar-refractivity contribution in [1.29, 1.82) is 0 Å². The van der Waals surface area contributed by atoms with E-state index >= 15 is 0 Å². The van der Waals surface area contributed by atoms with Crippen molar-refractivity contribution in [2.45, 2.75) is 19.3 Å². The molecule has 0 amide bonds. The van der Waals surface area contributed by atoms with E-state index in [9.17, 15) is 4.79 Å². The first-order valence-corrected chi connectivity index (χ1v) is 8.82. The summed E-state index contributed by atoms with van der Waals surface area (Å²) in [5.74, 6) is 0.573. The highest BCUT2D eigenvalue weighted by atomic mass is 16.1. The van der Waals surface area contributed by atoms with Gasteiger partial charge in [0.25, 0.3) is 5.56 Å². The first-order valence-electron chi connectivity index (χ1n) is 8.82. The van der Waals surface area contributed by atoms with Crippen molar-refractivity contribution >= 4 is 28.7 Å². The molecule has 3 aromatic rings. The van der Waals surface area contributed by atoms with Gasteiger partial charge in [0.15, 0.2) is 0 Å². The standard InChI is InChI=1S/C21H21N3O/c25-21-18-6-2-3-7-19(18)22-20(23-21)13-10-16-8-11-17(12-9-16)24-14-4-1-5-15-24/h2-3,6-13H,1,4-5,14-15H2,(H,22,23,25). The predicted octanol–water partition coefficient (Wildman–Crippen LogP) is 4.08. The molecule has 0 bridgehead atoms. The molecule has 4 rings (SSSR count). The Hall–Kier alpha value is -2.88. The molecule has 0 radical (unpaired) electrons. The Balaban J connectivity index is 1.54. The van der Waals surface area contributed by atoms with Crippen LogP contribution in [-0.4, -0.2) is 23.1 Å². The van der Waals surface area contributed by atoms with Gasteiger partial charge in [-0.1, -0.05) is 30.3 Å². The number of H-pyrrole nitrogens is 1. The fourth-order valence-electron chi connectivity index (χ4n) is 3.31. The molecule has 0 unspecified atom stereocenters. The smallest absolute Gasteiger partial charge is 0.259 e. The van der Waals surface area contributed by atoms with Crippen LogP contribution in [0.4, 0.5) is 5.69 Å². The molecule has 1 N–H and O–H groups in total. The van der Waals surface area contributed by atoms with Gasteiger partial charge in [-0.25, -0.2) is 4.98 Å². The predicted molar refractivity (Wildman–Crippen MR) is 104 cm³/mol. The minimum Gasteiger partial charge on any atom is -0.372 e. The number of hydrogen-bond acceptors (Lipinski definition) is 3. The summed E-state index contributed by atoms with van der Waals surface area (Å²) in [7, 11) is 0. The number of aromatic amines is 1. The quantitative estimate of drug-likeness (QED) is 0.786. The number of piperidine rings is 1. The molecule has 1 aliphatic rings. The van der Waals surface area contributed by atoms with E-state index in [0.717, 1.165) is 18.7 Å². The summed E-state index contributed by atoms with van der Waals surface area (Å²) in [6, 6.07) is 15.9. The summed E-state index contributed by atoms with van der Waals surface area (Å²) in [4.78, 5) is 21.9. The van der Waals surface area contributed by atoms with Crippen molar-refractivity contribution in [2.24, 2.45) is 0 Å². The number of nitrogens with one attached hydrogen (secondary N) is 1. The maximum absolute atomic E-state index is 12.1. The van der Waals surface area contributed by atoms with Crippen LogP contribution < -0.4 is 10.5 Å². The highest BCUT2D eigenvalue weighted by Crippen LogP contribution is 2.20. The van der Waals surface area contributed by atoms with Crippen molar-refractivity contribution in [3.05, 3.63) is 70.3 Å². The van der Waals surface area contributed by atoms with E-state index in [-0.39, 0.29) is 5.56 Å². The summed E-state index contributed by atoms with van der Waals surface area (Å²) in [5.41, 5.74) is 2.99. The van der Waals surface area contributed by atoms with E-state index in [1.165, 1.54) is 24.9 Å². The van der Waals surface area contributed by atoms with Crippen LogP contribution in [-0.2, 0) is 0 Å². The lowest BCUT2D eigenvalue weighted by Gasteiger charge is -2.28. The van der Waals surface area contributed by atoms with Crippen LogP contribution in [0.5, 0.6) is 0 Å². The minimum atomic E-state index is -0.106. The Morgan fingerprint density at radius 2 is 1.68 bits per heavy atom. The van der Waals surface area contributed by atoms with Crippen molar-refractivity contribution in [3.63, 3.8) is 0 Å². The zero-order valence-corrected chi connectivity index (χ0v) is 14.1. The Morgan fingerprint density at radius 3 is 2.48 bits per heavy atom. The number of nitrogens with zero attached hydrogens (tertiary/aromatic N) is 2. The van der Waals surface area contributed by atoms with Crippen molar-refractivity contribution in [1.82, 2.24) is 9.97 Å². The van der Waals surface area contributed by atoms with Gasteiger partial charge in [-0.2, -0.15) is 0 Å². The molecule has 0 atom stereocenters. The van der Waals surface area contributed by atoms with E-state index in [1.807, 2.05) is 30.4 Å². The van der Waals surface area contributed by atoms with Crippen LogP contribution in [0.1, 0.15) is 30.7 Å². The molecular formula is C21H21N3O. The summed E-state index contributed by atoms with van der Waals surface area (Å²) < 4.78 is 0. The maximum atomic E-state index is 12.1. The minimum absolute atomic E-state index is 0.106. The van der Waals surface area contributed by atoms with Crippen LogP contribution in [0.25, 0.3) is 23.1 Å². The maximum Gasteiger partial charge on any atom is 0.259 e. The van der Waals surface area contributed by atoms with Gasteiger partial charge in [0.2, 0.25) is 0 Å². The van der Waals surface area contributed by atoms with E-state index in [1.54, 1.807) is 6.07 Å². The second-order valence-corrected chi connectivity index (χ2v) is 6.44. The van der Waals surface area contributed by atoms with Crippen LogP contribution >= 0.6 is 0 Å². The molecule has 2 aromatic carbocycles. The molecule has 1 saturated heterocycles. The third-order valence-electron chi connectivity index (χ3n) is 4.68. The lowest BCUT2D eigenvalue weighted by Crippen LogP contribution is -2.29. The van der Waals surface area contributed by atoms with E-state index in [2.05, 4.69) is 39.1 Å². The number of fused-ring (bicyclic) bond motifs is 1. The average Bonchev–Trinajstić information content (AvgIpc) is 2.68. The Morgan fingerprint density at radius 1 is 0.920 bits per heavy atom. The zero-order valence-electron chi connectivity index (χ0n) is 14.1. The summed E-state index contributed by atoms with van der Waals surface area (Å²) in [6.07, 6.45) is 7.73. The molecule has 1 aliphatic heterocycles. The normalized spacial score (nSPS) is 15.1. The fraction of sp³-hybridized carbons (Fsp3) is 0.238. The highest BCUT2D eigenvalue weighted by molar-refractivity contribution is 5.79. The number of anilines is 1. The highest BCUT2D eigenvalue weighted by Gasteiger charge is 2.10. The van der Waals surface area contributed by atoms with Gasteiger partial charge >= 0.3 is 0 Å². The fourth-order valence-corrected chi connectivity index (χ4v) is 3.31. The van der Waals surface area contributed by atoms with Gasteiger partial charge in [-0.3, -0.25) is 4.79 Å². The van der Waals surface area contributed by atoms with Gasteiger partial charge in [0.1, 0.15) is 5.82 Å². The molecule has 2 heterocycles. The number of benzene rings is 2. The Bertz CT molecular complexity index is 951. The molecule has 0 saturated carbocycles. The number of aromatic nitrogens is 2. The van der Waals surface area contributed by atoms with Crippen molar-refractivity contribution in [2.75, 3.05) is 18.0 Å². The van der Waals surface area contributed by atoms with Gasteiger partial charge < -0.3 is 9.88 Å². The number of rotatable bonds is 3. The summed E-state index contributed by atoms with van der Waals surface area (Å²) >= 11 is 0. The van der Waals surface area contributed by atoms with Crippen LogP contribution in [0.2, 0.25) is 0 Å². The SMILES string of the molecule is O=c1[nH]c(C=Cc2ccc(N3CCCCC3)cc2)nc2ccccc12. The second kappa shape index (κ2) is 6.93. The molecule has 0 spiro atoms. The van der Waals surface area contributed by atoms with Gasteiger partial charge in [-0.05, 0) is 55.2 Å². The molecule has 25 heavy (non-hydrogen) atoms. The van der Waals surface area contributed by atoms with Crippen molar-refractivity contribution < 1.29 is 0 Å². The first kappa shape index (κ1) is 15.6. The molecule has 4 nitrogen and oxygen atoms in total. The molecule has 0 aliphatic carbocycles. The van der Waals surface area contributed by atoms with Crippen LogP contribution in [0, 0.1) is 0 Å². The molecular weight excluding hydrogens is 310 g/mol. The van der Waals surface area contributed by atoms with Crippen LogP contribution in [0.15, 0.2) is 53.3 Å². The molecule has 4 heteroatoms. The van der Waals surface area contributed by atoms with Crippen LogP contribution in [0.3, 0.4) is 0 Å². The number of para-hydroxylation sites is 1. The Kier molecular flexibility index (Phi) is 4.34. The third kappa shape index (κ3) is 3.48. The Labute approximate surface area is 146 Å². The number of hydrogen-bond donors (Lipinski definition) is 1. The molecule has 1 fully saturated rings. The summed E-state index contributed by atoms with van der Waals surface area (Å²) in [6.45, 7) is 2.30. The first-order chi connectivity index (χ1) is 12.3. The lowest BCUT2D eigenvalue weighted by molar-refractivity contribution is 0.578. The zero-order chi connectivity index (χ0) is 17.1. The topological polar surface area (TPSA) is 49.0 Å². The van der Waals surface area contributed by atoms with E-state index in [4.69, 9.17) is 0 Å². The third-order valence-corrected chi connectivity index (χ3v) is 4.68. The monoisotopic (exact) mass is 331 g/mol. The van der Waals surface area contributed by atoms with Gasteiger partial charge in [0, 0.05) is 18.8 Å². The van der Waals surface area contributed by atoms with Gasteiger partial charge in [-0.15, -0.1) is 0 Å². The average molecular weight is 331 g/mol. The van der Waals surface area contributed by atoms with Gasteiger partial charge in [0.05, 0.1) is 10.9 Å². The largest absolute Gasteiger partial charge is 0.372 e. The molecule has 1 aromatic heterocycles. The van der Waals surface area contributed by atoms with E-state index in [0.29, 0.717) is 16.7 Å². The van der Waals surface area contributed by atoms with E-state index < -0.39 is 0 Å².